The molecule has 94 valence electrons. The highest BCUT2D eigenvalue weighted by atomic mass is 17.3. The lowest BCUT2D eigenvalue weighted by molar-refractivity contribution is -0.213. The monoisotopic (exact) mass is 234 g/mol. The predicted octanol–water partition coefficient (Wildman–Crippen LogP) is 2.97. The van der Waals surface area contributed by atoms with Crippen molar-refractivity contribution in [3.63, 3.8) is 0 Å². The van der Waals surface area contributed by atoms with Gasteiger partial charge in [0, 0.05) is 0 Å². The Morgan fingerprint density at radius 1 is 1.19 bits per heavy atom. The second-order valence-electron chi connectivity index (χ2n) is 3.38. The van der Waals surface area contributed by atoms with Crippen LogP contribution in [0.5, 0.6) is 0 Å². The van der Waals surface area contributed by atoms with Gasteiger partial charge >= 0.3 is 12.3 Å². The van der Waals surface area contributed by atoms with E-state index < -0.39 is 12.3 Å². The molecule has 0 fully saturated rings. The van der Waals surface area contributed by atoms with Gasteiger partial charge in [-0.05, 0) is 12.3 Å². The number of carbonyl (C=O) groups is 2. The van der Waals surface area contributed by atoms with Crippen LogP contribution in [0, 0.1) is 5.92 Å². The van der Waals surface area contributed by atoms with Gasteiger partial charge in [0.15, 0.2) is 0 Å². The van der Waals surface area contributed by atoms with Crippen molar-refractivity contribution in [3.8, 4) is 0 Å². The molecule has 0 aliphatic carbocycles. The number of ether oxygens (including phenoxy) is 1. The molecule has 1 unspecified atom stereocenters. The maximum Gasteiger partial charge on any atom is 0.549 e. The minimum atomic E-state index is -1.69. The Morgan fingerprint density at radius 3 is 2.38 bits per heavy atom. The smallest absolute Gasteiger partial charge is 0.447 e. The van der Waals surface area contributed by atoms with Gasteiger partial charge in [0.05, 0.1) is 6.61 Å². The Hall–Kier alpha value is -1.46. The van der Waals surface area contributed by atoms with Crippen molar-refractivity contribution in [1.29, 1.82) is 0 Å². The zero-order valence-electron chi connectivity index (χ0n) is 9.60. The van der Waals surface area contributed by atoms with Crippen molar-refractivity contribution in [1.82, 2.24) is 0 Å². The van der Waals surface area contributed by atoms with E-state index in [4.69, 9.17) is 5.11 Å². The van der Waals surface area contributed by atoms with Crippen LogP contribution in [0.2, 0.25) is 0 Å². The maximum absolute atomic E-state index is 10.7. The zero-order valence-corrected chi connectivity index (χ0v) is 9.60. The van der Waals surface area contributed by atoms with E-state index in [-0.39, 0.29) is 6.61 Å². The Labute approximate surface area is 94.4 Å². The van der Waals surface area contributed by atoms with Crippen molar-refractivity contribution in [3.05, 3.63) is 0 Å². The van der Waals surface area contributed by atoms with Gasteiger partial charge in [0.2, 0.25) is 0 Å². The second kappa shape index (κ2) is 8.82. The van der Waals surface area contributed by atoms with Gasteiger partial charge < -0.3 is 9.84 Å². The van der Waals surface area contributed by atoms with Crippen molar-refractivity contribution in [2.75, 3.05) is 6.61 Å². The Morgan fingerprint density at radius 2 is 1.88 bits per heavy atom. The molecule has 0 heterocycles. The Balaban J connectivity index is 3.55. The Kier molecular flexibility index (Phi) is 8.01. The minimum absolute atomic E-state index is 0.209. The number of carboxylic acid groups (broad SMARTS) is 1. The van der Waals surface area contributed by atoms with E-state index in [0.29, 0.717) is 5.92 Å². The van der Waals surface area contributed by atoms with Gasteiger partial charge in [-0.2, -0.15) is 9.68 Å². The topological polar surface area (TPSA) is 82.1 Å². The summed E-state index contributed by atoms with van der Waals surface area (Å²) in [5.74, 6) is 0.512. The lowest BCUT2D eigenvalue weighted by atomic mass is 9.98. The van der Waals surface area contributed by atoms with Gasteiger partial charge in [-0.25, -0.2) is 9.68 Å². The van der Waals surface area contributed by atoms with Gasteiger partial charge in [0.1, 0.15) is 0 Å². The van der Waals surface area contributed by atoms with E-state index in [1.807, 2.05) is 0 Å². The summed E-state index contributed by atoms with van der Waals surface area (Å²) in [5, 5.41) is 8.03. The molecule has 0 saturated heterocycles. The molecule has 1 atom stereocenters. The van der Waals surface area contributed by atoms with Crippen LogP contribution >= 0.6 is 0 Å². The van der Waals surface area contributed by atoms with Crippen LogP contribution in [0.25, 0.3) is 0 Å². The Bertz CT molecular complexity index is 215. The first-order valence-electron chi connectivity index (χ1n) is 5.34. The third-order valence-corrected chi connectivity index (χ3v) is 2.20. The van der Waals surface area contributed by atoms with E-state index in [1.54, 1.807) is 0 Å². The van der Waals surface area contributed by atoms with Crippen LogP contribution in [0.15, 0.2) is 0 Å². The van der Waals surface area contributed by atoms with E-state index in [2.05, 4.69) is 28.4 Å². The molecule has 0 aliphatic heterocycles. The normalized spacial score (nSPS) is 11.6. The van der Waals surface area contributed by atoms with Crippen molar-refractivity contribution < 1.29 is 29.2 Å². The molecule has 0 rings (SSSR count). The largest absolute Gasteiger partial charge is 0.549 e. The number of hydrogen-bond acceptors (Lipinski definition) is 5. The number of rotatable bonds is 6. The molecular weight excluding hydrogens is 216 g/mol. The van der Waals surface area contributed by atoms with Crippen molar-refractivity contribution in [2.24, 2.45) is 5.92 Å². The summed E-state index contributed by atoms with van der Waals surface area (Å²) < 4.78 is 4.62. The lowest BCUT2D eigenvalue weighted by Gasteiger charge is -2.12. The number of carbonyl (C=O) groups excluding carboxylic acids is 1. The first-order valence-corrected chi connectivity index (χ1v) is 5.34. The standard InChI is InChI=1S/C10H18O6/c1-3-5-8(4-2)6-7-14-10(13)16-15-9(11)12/h8H,3-7H2,1-2H3,(H,11,12). The lowest BCUT2D eigenvalue weighted by Crippen LogP contribution is -2.13. The van der Waals surface area contributed by atoms with Crippen LogP contribution in [0.3, 0.4) is 0 Å². The summed E-state index contributed by atoms with van der Waals surface area (Å²) in [5.41, 5.74) is 0. The van der Waals surface area contributed by atoms with Gasteiger partial charge in [-0.3, -0.25) is 0 Å². The molecule has 0 aliphatic rings. The van der Waals surface area contributed by atoms with Gasteiger partial charge in [-0.15, -0.1) is 0 Å². The molecule has 0 radical (unpaired) electrons. The minimum Gasteiger partial charge on any atom is -0.447 e. The third-order valence-electron chi connectivity index (χ3n) is 2.20. The molecule has 0 aromatic rings. The average molecular weight is 234 g/mol. The SMILES string of the molecule is CCCC(CC)CCOC(=O)OOC(=O)O. The highest BCUT2D eigenvalue weighted by molar-refractivity contribution is 5.62. The summed E-state index contributed by atoms with van der Waals surface area (Å²) in [4.78, 5) is 28.0. The van der Waals surface area contributed by atoms with E-state index in [9.17, 15) is 9.59 Å². The van der Waals surface area contributed by atoms with Crippen LogP contribution < -0.4 is 0 Å². The molecule has 6 nitrogen and oxygen atoms in total. The fraction of sp³-hybridized carbons (Fsp3) is 0.800. The fourth-order valence-electron chi connectivity index (χ4n) is 1.36. The molecule has 0 saturated carbocycles. The zero-order chi connectivity index (χ0) is 12.4. The van der Waals surface area contributed by atoms with E-state index >= 15 is 0 Å². The highest BCUT2D eigenvalue weighted by Crippen LogP contribution is 2.14. The number of hydrogen-bond donors (Lipinski definition) is 1. The first-order chi connectivity index (χ1) is 7.60. The summed E-state index contributed by atoms with van der Waals surface area (Å²) in [7, 11) is 0. The quantitative estimate of drug-likeness (QED) is 0.432. The van der Waals surface area contributed by atoms with Crippen LogP contribution in [0.4, 0.5) is 9.59 Å². The predicted molar refractivity (Wildman–Crippen MR) is 54.8 cm³/mol. The molecule has 6 heteroatoms. The molecular formula is C10H18O6. The van der Waals surface area contributed by atoms with Crippen LogP contribution in [0.1, 0.15) is 39.5 Å². The molecule has 0 amide bonds. The summed E-state index contributed by atoms with van der Waals surface area (Å²) in [6.45, 7) is 4.38. The second-order valence-corrected chi connectivity index (χ2v) is 3.38. The highest BCUT2D eigenvalue weighted by Gasteiger charge is 2.11. The van der Waals surface area contributed by atoms with Crippen molar-refractivity contribution >= 4 is 12.3 Å². The molecule has 0 bridgehead atoms. The summed E-state index contributed by atoms with van der Waals surface area (Å²) >= 11 is 0. The molecule has 0 aromatic heterocycles. The van der Waals surface area contributed by atoms with E-state index in [0.717, 1.165) is 25.7 Å². The maximum atomic E-state index is 10.7. The molecule has 0 aromatic carbocycles. The van der Waals surface area contributed by atoms with E-state index in [1.165, 1.54) is 0 Å². The first kappa shape index (κ1) is 14.5. The summed E-state index contributed by atoms with van der Waals surface area (Å²) in [6.07, 6.45) is 1.12. The van der Waals surface area contributed by atoms with Crippen LogP contribution in [-0.2, 0) is 14.5 Å². The van der Waals surface area contributed by atoms with Gasteiger partial charge in [-0.1, -0.05) is 33.1 Å². The molecule has 1 N–H and O–H groups in total. The fourth-order valence-corrected chi connectivity index (χ4v) is 1.36. The van der Waals surface area contributed by atoms with Crippen molar-refractivity contribution in [2.45, 2.75) is 39.5 Å². The molecule has 0 spiro atoms. The third kappa shape index (κ3) is 7.90. The van der Waals surface area contributed by atoms with Gasteiger partial charge in [0.25, 0.3) is 0 Å². The molecule has 16 heavy (non-hydrogen) atoms. The average Bonchev–Trinajstić information content (AvgIpc) is 2.25. The van der Waals surface area contributed by atoms with Crippen LogP contribution in [-0.4, -0.2) is 24.0 Å². The summed E-state index contributed by atoms with van der Waals surface area (Å²) in [6, 6.07) is 0.